The molecule has 0 radical (unpaired) electrons. The van der Waals surface area contributed by atoms with Crippen molar-refractivity contribution in [1.29, 1.82) is 0 Å². The number of aryl methyl sites for hydroxylation is 1. The molecule has 2 N–H and O–H groups in total. The molecule has 1 aromatic carbocycles. The van der Waals surface area contributed by atoms with E-state index in [2.05, 4.69) is 27.6 Å². The summed E-state index contributed by atoms with van der Waals surface area (Å²) < 4.78 is 46.5. The lowest BCUT2D eigenvalue weighted by Gasteiger charge is -2.40. The summed E-state index contributed by atoms with van der Waals surface area (Å²) in [6.45, 7) is 0.425. The number of hydrogen-bond donors (Lipinski definition) is 2. The van der Waals surface area contributed by atoms with Gasteiger partial charge in [-0.05, 0) is 25.0 Å². The van der Waals surface area contributed by atoms with E-state index in [1.54, 1.807) is 0 Å². The van der Waals surface area contributed by atoms with Crippen LogP contribution in [0.15, 0.2) is 23.3 Å². The molecule has 2 amide bonds. The number of hydrogen-bond acceptors (Lipinski definition) is 3. The predicted molar refractivity (Wildman–Crippen MR) is 97.9 cm³/mol. The Labute approximate surface area is 163 Å². The molecule has 1 saturated carbocycles. The fourth-order valence-electron chi connectivity index (χ4n) is 3.23. The number of anilines is 1. The maximum absolute atomic E-state index is 14.9. The second-order valence-electron chi connectivity index (χ2n) is 7.43. The zero-order valence-corrected chi connectivity index (χ0v) is 15.7. The van der Waals surface area contributed by atoms with E-state index in [9.17, 15) is 22.8 Å². The van der Waals surface area contributed by atoms with Gasteiger partial charge in [-0.15, -0.1) is 0 Å². The Morgan fingerprint density at radius 3 is 2.66 bits per heavy atom. The largest absolute Gasteiger partial charge is 0.345 e. The number of halogens is 3. The number of nitrogens with one attached hydrogen (secondary N) is 2. The monoisotopic (exact) mass is 405 g/mol. The van der Waals surface area contributed by atoms with Gasteiger partial charge in [0.1, 0.15) is 12.1 Å². The van der Waals surface area contributed by atoms with Crippen molar-refractivity contribution in [2.75, 3.05) is 5.32 Å². The maximum atomic E-state index is 14.9. The molecular weight excluding hydrogens is 387 g/mol. The normalized spacial score (nSPS) is 20.9. The maximum Gasteiger partial charge on any atom is 0.345 e. The minimum absolute atomic E-state index is 0.00427. The highest BCUT2D eigenvalue weighted by Crippen LogP contribution is 2.44. The van der Waals surface area contributed by atoms with Crippen LogP contribution in [0.5, 0.6) is 0 Å². The molecule has 2 aromatic rings. The van der Waals surface area contributed by atoms with E-state index in [1.165, 1.54) is 24.0 Å². The van der Waals surface area contributed by atoms with Gasteiger partial charge in [0.05, 0.1) is 6.54 Å². The Hall–Kier alpha value is -3.22. The van der Waals surface area contributed by atoms with Crippen molar-refractivity contribution in [2.45, 2.75) is 37.8 Å². The van der Waals surface area contributed by atoms with E-state index in [0.717, 1.165) is 23.6 Å². The molecule has 1 aromatic heterocycles. The zero-order valence-electron chi connectivity index (χ0n) is 15.7. The molecule has 2 aliphatic rings. The highest BCUT2D eigenvalue weighted by Gasteiger charge is 2.55. The van der Waals surface area contributed by atoms with Crippen LogP contribution in [-0.2, 0) is 19.1 Å². The minimum Gasteiger partial charge on any atom is -0.312 e. The van der Waals surface area contributed by atoms with Gasteiger partial charge in [-0.25, -0.2) is 27.4 Å². The van der Waals surface area contributed by atoms with Crippen molar-refractivity contribution in [3.63, 3.8) is 0 Å². The van der Waals surface area contributed by atoms with Crippen LogP contribution in [0.25, 0.3) is 0 Å². The summed E-state index contributed by atoms with van der Waals surface area (Å²) in [6, 6.07) is 1.31. The highest BCUT2D eigenvalue weighted by molar-refractivity contribution is 5.95. The van der Waals surface area contributed by atoms with Crippen LogP contribution in [0, 0.1) is 23.6 Å². The third-order valence-corrected chi connectivity index (χ3v) is 5.05. The van der Waals surface area contributed by atoms with Crippen LogP contribution in [0.3, 0.4) is 0 Å². The molecule has 2 heterocycles. The number of amides is 2. The standard InChI is InChI=1S/C19H18F3N5O2/c1-18(21,22)19(6-5-11-3-4-11)13-8-14(20)12(7-15(13)24-16(28)25-19)9-27-17(29)26(2)10-23-27/h7-8,10-11H,3-4,9H2,1-2H3,(H2,24,25,28)/t19-/m0/s1. The Morgan fingerprint density at radius 1 is 1.34 bits per heavy atom. The lowest BCUT2D eigenvalue weighted by atomic mass is 9.81. The topological polar surface area (TPSA) is 81.0 Å². The molecule has 0 bridgehead atoms. The Kier molecular flexibility index (Phi) is 4.22. The van der Waals surface area contributed by atoms with Gasteiger partial charge >= 0.3 is 11.7 Å². The van der Waals surface area contributed by atoms with Gasteiger partial charge in [0.25, 0.3) is 5.92 Å². The molecule has 1 aliphatic heterocycles. The van der Waals surface area contributed by atoms with Crippen LogP contribution in [-0.4, -0.2) is 26.3 Å². The molecule has 7 nitrogen and oxygen atoms in total. The Morgan fingerprint density at radius 2 is 2.07 bits per heavy atom. The molecule has 152 valence electrons. The predicted octanol–water partition coefficient (Wildman–Crippen LogP) is 2.17. The van der Waals surface area contributed by atoms with Crippen LogP contribution in [0.2, 0.25) is 0 Å². The molecule has 1 aliphatic carbocycles. The molecule has 0 saturated heterocycles. The first-order valence-corrected chi connectivity index (χ1v) is 9.02. The summed E-state index contributed by atoms with van der Waals surface area (Å²) in [4.78, 5) is 24.1. The summed E-state index contributed by atoms with van der Waals surface area (Å²) in [7, 11) is 1.50. The Balaban J connectivity index is 1.84. The number of rotatable bonds is 3. The van der Waals surface area contributed by atoms with E-state index < -0.39 is 29.0 Å². The van der Waals surface area contributed by atoms with Gasteiger partial charge in [0.15, 0.2) is 5.54 Å². The molecule has 1 fully saturated rings. The van der Waals surface area contributed by atoms with Crippen LogP contribution in [0.1, 0.15) is 30.9 Å². The van der Waals surface area contributed by atoms with Gasteiger partial charge < -0.3 is 10.6 Å². The van der Waals surface area contributed by atoms with Gasteiger partial charge in [0, 0.05) is 36.7 Å². The summed E-state index contributed by atoms with van der Waals surface area (Å²) in [5.41, 5.74) is -2.94. The molecule has 4 rings (SSSR count). The van der Waals surface area contributed by atoms with Crippen molar-refractivity contribution in [3.05, 3.63) is 45.9 Å². The zero-order chi connectivity index (χ0) is 21.0. The fraction of sp³-hybridized carbons (Fsp3) is 0.421. The summed E-state index contributed by atoms with van der Waals surface area (Å²) in [6.07, 6.45) is 2.90. The number of urea groups is 1. The van der Waals surface area contributed by atoms with E-state index in [-0.39, 0.29) is 29.3 Å². The number of aromatic nitrogens is 3. The SMILES string of the molecule is Cn1cnn(Cc2cc3c(cc2F)[C@@](C#CC2CC2)(C(C)(F)F)NC(=O)N3)c1=O. The van der Waals surface area contributed by atoms with Gasteiger partial charge in [-0.1, -0.05) is 11.8 Å². The van der Waals surface area contributed by atoms with Crippen molar-refractivity contribution < 1.29 is 18.0 Å². The molecule has 0 spiro atoms. The van der Waals surface area contributed by atoms with E-state index in [0.29, 0.717) is 6.92 Å². The first-order valence-electron chi connectivity index (χ1n) is 9.02. The van der Waals surface area contributed by atoms with E-state index in [1.807, 2.05) is 0 Å². The number of nitrogens with zero attached hydrogens (tertiary/aromatic N) is 3. The van der Waals surface area contributed by atoms with E-state index >= 15 is 0 Å². The first kappa shape index (κ1) is 19.1. The molecule has 0 unspecified atom stereocenters. The molecular formula is C19H18F3N5O2. The van der Waals surface area contributed by atoms with Crippen molar-refractivity contribution in [1.82, 2.24) is 19.7 Å². The third kappa shape index (κ3) is 3.26. The number of alkyl halides is 2. The fourth-order valence-corrected chi connectivity index (χ4v) is 3.23. The number of carbonyl (C=O) groups excluding carboxylic acids is 1. The van der Waals surface area contributed by atoms with Gasteiger partial charge in [-0.2, -0.15) is 5.10 Å². The van der Waals surface area contributed by atoms with Crippen molar-refractivity contribution >= 4 is 11.7 Å². The van der Waals surface area contributed by atoms with Gasteiger partial charge in [-0.3, -0.25) is 4.57 Å². The smallest absolute Gasteiger partial charge is 0.312 e. The van der Waals surface area contributed by atoms with Crippen LogP contribution >= 0.6 is 0 Å². The summed E-state index contributed by atoms with van der Waals surface area (Å²) in [5, 5.41) is 8.50. The first-order chi connectivity index (χ1) is 13.6. The number of carbonyl (C=O) groups is 1. The van der Waals surface area contributed by atoms with Crippen LogP contribution in [0.4, 0.5) is 23.7 Å². The van der Waals surface area contributed by atoms with Crippen molar-refractivity contribution in [3.8, 4) is 11.8 Å². The average Bonchev–Trinajstić information content (AvgIpc) is 3.41. The van der Waals surface area contributed by atoms with Gasteiger partial charge in [0.2, 0.25) is 0 Å². The third-order valence-electron chi connectivity index (χ3n) is 5.05. The molecule has 10 heteroatoms. The second kappa shape index (κ2) is 6.40. The van der Waals surface area contributed by atoms with E-state index in [4.69, 9.17) is 0 Å². The summed E-state index contributed by atoms with van der Waals surface area (Å²) in [5.74, 6) is 1.01. The second-order valence-corrected chi connectivity index (χ2v) is 7.43. The molecule has 29 heavy (non-hydrogen) atoms. The number of fused-ring (bicyclic) bond motifs is 1. The highest BCUT2D eigenvalue weighted by atomic mass is 19.3. The van der Waals surface area contributed by atoms with Crippen LogP contribution < -0.4 is 16.3 Å². The quantitative estimate of drug-likeness (QED) is 0.768. The lowest BCUT2D eigenvalue weighted by molar-refractivity contribution is -0.0465. The Bertz CT molecular complexity index is 1120. The van der Waals surface area contributed by atoms with Crippen molar-refractivity contribution in [2.24, 2.45) is 13.0 Å². The lowest BCUT2D eigenvalue weighted by Crippen LogP contribution is -2.59. The summed E-state index contributed by atoms with van der Waals surface area (Å²) >= 11 is 0. The molecule has 1 atom stereocenters. The average molecular weight is 405 g/mol. The number of benzene rings is 1. The minimum atomic E-state index is -3.48.